The average Bonchev–Trinajstić information content (AvgIpc) is 2.79. The van der Waals surface area contributed by atoms with Gasteiger partial charge in [-0.2, -0.15) is 0 Å². The number of nitrogens with two attached hydrogens (primary N) is 1. The second-order valence-corrected chi connectivity index (χ2v) is 6.60. The van der Waals surface area contributed by atoms with Gasteiger partial charge in [-0.25, -0.2) is 4.98 Å². The molecule has 1 aromatic heterocycles. The van der Waals surface area contributed by atoms with Crippen LogP contribution in [0.5, 0.6) is 0 Å². The summed E-state index contributed by atoms with van der Waals surface area (Å²) < 4.78 is 6.96. The second kappa shape index (κ2) is 6.08. The number of thiazole rings is 1. The Morgan fingerprint density at radius 2 is 2.35 bits per heavy atom. The van der Waals surface area contributed by atoms with Gasteiger partial charge in [0.15, 0.2) is 5.13 Å². The fourth-order valence-corrected chi connectivity index (χ4v) is 3.56. The number of aromatic nitrogens is 1. The summed E-state index contributed by atoms with van der Waals surface area (Å²) in [5.74, 6) is 0. The first-order valence-electron chi connectivity index (χ1n) is 7.16. The predicted molar refractivity (Wildman–Crippen MR) is 84.0 cm³/mol. The summed E-state index contributed by atoms with van der Waals surface area (Å²) >= 11 is 1.55. The van der Waals surface area contributed by atoms with E-state index in [2.05, 4.69) is 35.1 Å². The lowest BCUT2D eigenvalue weighted by molar-refractivity contribution is -0.00258. The van der Waals surface area contributed by atoms with Gasteiger partial charge >= 0.3 is 0 Å². The normalized spacial score (nSPS) is 19.8. The first kappa shape index (κ1) is 13.8. The van der Waals surface area contributed by atoms with Crippen LogP contribution in [0.2, 0.25) is 0 Å². The van der Waals surface area contributed by atoms with Crippen LogP contribution in [0.25, 0.3) is 10.2 Å². The van der Waals surface area contributed by atoms with Crippen LogP contribution in [0, 0.1) is 0 Å². The van der Waals surface area contributed by atoms with Gasteiger partial charge in [0, 0.05) is 19.7 Å². The maximum Gasteiger partial charge on any atom is 0.181 e. The van der Waals surface area contributed by atoms with Gasteiger partial charge in [-0.15, -0.1) is 0 Å². The molecule has 1 aliphatic rings. The molecule has 3 rings (SSSR count). The molecule has 4 nitrogen and oxygen atoms in total. The highest BCUT2D eigenvalue weighted by molar-refractivity contribution is 7.22. The Hall–Kier alpha value is -1.17. The summed E-state index contributed by atoms with van der Waals surface area (Å²) in [6, 6.07) is 6.39. The van der Waals surface area contributed by atoms with Crippen molar-refractivity contribution in [2.45, 2.75) is 31.9 Å². The van der Waals surface area contributed by atoms with Crippen LogP contribution < -0.4 is 5.73 Å². The van der Waals surface area contributed by atoms with Crippen molar-refractivity contribution in [3.8, 4) is 0 Å². The van der Waals surface area contributed by atoms with Crippen molar-refractivity contribution in [2.24, 2.45) is 0 Å². The topological polar surface area (TPSA) is 51.4 Å². The zero-order valence-corrected chi connectivity index (χ0v) is 12.7. The van der Waals surface area contributed by atoms with Gasteiger partial charge in [0.25, 0.3) is 0 Å². The van der Waals surface area contributed by atoms with E-state index in [1.165, 1.54) is 29.5 Å². The second-order valence-electron chi connectivity index (χ2n) is 5.54. The first-order chi connectivity index (χ1) is 9.70. The Morgan fingerprint density at radius 3 is 3.15 bits per heavy atom. The quantitative estimate of drug-likeness (QED) is 0.941. The van der Waals surface area contributed by atoms with Gasteiger partial charge in [0.1, 0.15) is 0 Å². The van der Waals surface area contributed by atoms with Crippen LogP contribution in [-0.4, -0.2) is 36.2 Å². The lowest BCUT2D eigenvalue weighted by Crippen LogP contribution is -2.33. The molecule has 1 saturated heterocycles. The SMILES string of the molecule is CN(Cc1ccc2nc(N)sc2c1)CC1CCCCO1. The van der Waals surface area contributed by atoms with Gasteiger partial charge in [0.05, 0.1) is 16.3 Å². The first-order valence-corrected chi connectivity index (χ1v) is 7.97. The zero-order valence-electron chi connectivity index (χ0n) is 11.8. The molecule has 0 radical (unpaired) electrons. The van der Waals surface area contributed by atoms with Crippen molar-refractivity contribution in [1.29, 1.82) is 0 Å². The minimum absolute atomic E-state index is 0.400. The number of nitrogens with zero attached hydrogens (tertiary/aromatic N) is 2. The van der Waals surface area contributed by atoms with Crippen LogP contribution in [0.1, 0.15) is 24.8 Å². The van der Waals surface area contributed by atoms with E-state index in [4.69, 9.17) is 10.5 Å². The van der Waals surface area contributed by atoms with Gasteiger partial charge in [-0.1, -0.05) is 17.4 Å². The summed E-state index contributed by atoms with van der Waals surface area (Å²) in [6.45, 7) is 2.86. The van der Waals surface area contributed by atoms with Crippen LogP contribution in [-0.2, 0) is 11.3 Å². The zero-order chi connectivity index (χ0) is 13.9. The third-order valence-electron chi connectivity index (χ3n) is 3.71. The molecule has 0 aliphatic carbocycles. The van der Waals surface area contributed by atoms with E-state index in [-0.39, 0.29) is 0 Å². The fraction of sp³-hybridized carbons (Fsp3) is 0.533. The molecule has 20 heavy (non-hydrogen) atoms. The summed E-state index contributed by atoms with van der Waals surface area (Å²) in [5, 5.41) is 0.640. The van der Waals surface area contributed by atoms with E-state index in [0.29, 0.717) is 11.2 Å². The van der Waals surface area contributed by atoms with Crippen LogP contribution >= 0.6 is 11.3 Å². The molecule has 1 atom stereocenters. The number of nitrogen functional groups attached to an aromatic ring is 1. The minimum Gasteiger partial charge on any atom is -0.377 e. The molecule has 2 heterocycles. The molecule has 5 heteroatoms. The number of benzene rings is 1. The summed E-state index contributed by atoms with van der Waals surface area (Å²) in [7, 11) is 2.16. The summed E-state index contributed by atoms with van der Waals surface area (Å²) in [4.78, 5) is 6.62. The molecular weight excluding hydrogens is 270 g/mol. The number of likely N-dealkylation sites (N-methyl/N-ethyl adjacent to an activating group) is 1. The molecule has 1 aromatic carbocycles. The molecule has 1 fully saturated rings. The summed E-state index contributed by atoms with van der Waals surface area (Å²) in [6.07, 6.45) is 4.10. The Balaban J connectivity index is 1.62. The van der Waals surface area contributed by atoms with Gasteiger partial charge < -0.3 is 10.5 Å². The number of hydrogen-bond donors (Lipinski definition) is 1. The smallest absolute Gasteiger partial charge is 0.181 e. The lowest BCUT2D eigenvalue weighted by atomic mass is 10.1. The van der Waals surface area contributed by atoms with E-state index in [0.717, 1.165) is 25.2 Å². The van der Waals surface area contributed by atoms with Crippen molar-refractivity contribution in [1.82, 2.24) is 9.88 Å². The highest BCUT2D eigenvalue weighted by Gasteiger charge is 2.16. The highest BCUT2D eigenvalue weighted by atomic mass is 32.1. The van der Waals surface area contributed by atoms with Crippen molar-refractivity contribution >= 4 is 26.7 Å². The van der Waals surface area contributed by atoms with Gasteiger partial charge in [-0.05, 0) is 44.0 Å². The molecule has 0 saturated carbocycles. The number of fused-ring (bicyclic) bond motifs is 1. The van der Waals surface area contributed by atoms with E-state index in [9.17, 15) is 0 Å². The molecule has 1 unspecified atom stereocenters. The Labute approximate surface area is 123 Å². The largest absolute Gasteiger partial charge is 0.377 e. The van der Waals surface area contributed by atoms with E-state index >= 15 is 0 Å². The van der Waals surface area contributed by atoms with Crippen LogP contribution in [0.15, 0.2) is 18.2 Å². The Bertz CT molecular complexity index is 578. The van der Waals surface area contributed by atoms with E-state index < -0.39 is 0 Å². The Kier molecular flexibility index (Phi) is 4.19. The van der Waals surface area contributed by atoms with E-state index in [1.807, 2.05) is 0 Å². The number of ether oxygens (including phenoxy) is 1. The highest BCUT2D eigenvalue weighted by Crippen LogP contribution is 2.25. The molecule has 0 spiro atoms. The van der Waals surface area contributed by atoms with E-state index in [1.54, 1.807) is 11.3 Å². The average molecular weight is 291 g/mol. The van der Waals surface area contributed by atoms with Crippen molar-refractivity contribution < 1.29 is 4.74 Å². The van der Waals surface area contributed by atoms with Gasteiger partial charge in [0.2, 0.25) is 0 Å². The molecule has 0 amide bonds. The molecule has 108 valence electrons. The summed E-state index contributed by atoms with van der Waals surface area (Å²) in [5.41, 5.74) is 8.05. The standard InChI is InChI=1S/C15H21N3OS/c1-18(10-12-4-2-3-7-19-12)9-11-5-6-13-14(8-11)20-15(16)17-13/h5-6,8,12H,2-4,7,9-10H2,1H3,(H2,16,17). The van der Waals surface area contributed by atoms with Crippen LogP contribution in [0.3, 0.4) is 0 Å². The number of hydrogen-bond acceptors (Lipinski definition) is 5. The maximum absolute atomic E-state index is 5.79. The monoisotopic (exact) mass is 291 g/mol. The van der Waals surface area contributed by atoms with Crippen molar-refractivity contribution in [2.75, 3.05) is 25.9 Å². The maximum atomic E-state index is 5.79. The fourth-order valence-electron chi connectivity index (χ4n) is 2.76. The molecule has 1 aliphatic heterocycles. The third-order valence-corrected chi connectivity index (χ3v) is 4.56. The molecular formula is C15H21N3OS. The predicted octanol–water partition coefficient (Wildman–Crippen LogP) is 2.88. The molecule has 0 bridgehead atoms. The van der Waals surface area contributed by atoms with Crippen LogP contribution in [0.4, 0.5) is 5.13 Å². The lowest BCUT2D eigenvalue weighted by Gasteiger charge is -2.27. The minimum atomic E-state index is 0.400. The van der Waals surface area contributed by atoms with Crippen molar-refractivity contribution in [3.05, 3.63) is 23.8 Å². The molecule has 2 aromatic rings. The Morgan fingerprint density at radius 1 is 1.45 bits per heavy atom. The number of rotatable bonds is 4. The van der Waals surface area contributed by atoms with Crippen molar-refractivity contribution in [3.63, 3.8) is 0 Å². The molecule has 2 N–H and O–H groups in total. The number of anilines is 1. The van der Waals surface area contributed by atoms with Gasteiger partial charge in [-0.3, -0.25) is 4.90 Å². The third kappa shape index (κ3) is 3.29.